The van der Waals surface area contributed by atoms with E-state index < -0.39 is 43.2 Å². The van der Waals surface area contributed by atoms with E-state index in [0.29, 0.717) is 17.1 Å². The Kier molecular flexibility index (Phi) is 15.2. The summed E-state index contributed by atoms with van der Waals surface area (Å²) >= 11 is 0. The Hall–Kier alpha value is -8.59. The molecule has 1 N–H and O–H groups in total. The Bertz CT molecular complexity index is 4050. The molecule has 2 saturated heterocycles. The first kappa shape index (κ1) is 55.9. The number of amides is 2. The van der Waals surface area contributed by atoms with E-state index in [1.807, 2.05) is 119 Å². The van der Waals surface area contributed by atoms with Crippen molar-refractivity contribution in [3.63, 3.8) is 0 Å². The van der Waals surface area contributed by atoms with Crippen molar-refractivity contribution in [2.45, 2.75) is 82.2 Å². The maximum Gasteiger partial charge on any atom is 0.409 e. The van der Waals surface area contributed by atoms with Gasteiger partial charge in [0.15, 0.2) is 23.2 Å². The molecule has 0 saturated carbocycles. The molecule has 4 heterocycles. The third kappa shape index (κ3) is 9.88. The van der Waals surface area contributed by atoms with E-state index in [0.717, 1.165) is 54.6 Å². The van der Waals surface area contributed by atoms with Crippen LogP contribution in [0.2, 0.25) is 0 Å². The maximum atomic E-state index is 16.3. The standard InChI is InChI=1S/C66H63N8O9P/c1-42(2)74(43(3)4)84(77,81-36-14-35-67)83-60-59-64(73-41-70-58-61(68-40-69-62(58)73)71-63(76)47-15-9-7-10-16-47)82-65(60,38-72(59)55(75)37-48-24-23-46-22-21-44-17-13-18-45-25-34-54(48)57(46)56(44)45)39-80-66(49-19-11-8-12-20-49,50-26-30-52(78-5)31-27-50)51-28-32-53(79-6)33-29-51/h7-13,15-34,40-43,59-60,64H,14,36-39H2,1-6H3,(H,68,69,71,76)/t59-,60+,64+,65-,84?/m0/s1. The fourth-order valence-electron chi connectivity index (χ4n) is 12.6. The largest absolute Gasteiger partial charge is 0.497 e. The lowest BCUT2D eigenvalue weighted by molar-refractivity contribution is -0.181. The summed E-state index contributed by atoms with van der Waals surface area (Å²) in [5.74, 6) is 0.742. The second kappa shape index (κ2) is 22.9. The van der Waals surface area contributed by atoms with E-state index >= 15 is 9.36 Å². The van der Waals surface area contributed by atoms with Gasteiger partial charge in [-0.3, -0.25) is 23.2 Å². The SMILES string of the molecule is COc1ccc(C(OC[C@]23CN(C(=O)Cc4ccc5ccc6cccc7ccc4c5c67)[C@H]([C@H](n4cnc5c(NC(=O)c6ccccc6)ncnc54)O2)[C@H]3OP(=O)(OCCC#N)N(C(C)C)C(C)C)(c2ccccc2)c2ccc(OC)cc2)cc1. The molecule has 5 atom stereocenters. The van der Waals surface area contributed by atoms with E-state index in [1.165, 1.54) is 6.33 Å². The van der Waals surface area contributed by atoms with Gasteiger partial charge in [0.05, 0.1) is 59.2 Å². The highest BCUT2D eigenvalue weighted by Crippen LogP contribution is 2.62. The van der Waals surface area contributed by atoms with Crippen LogP contribution in [-0.4, -0.2) is 105 Å². The van der Waals surface area contributed by atoms with Crippen LogP contribution in [0.3, 0.4) is 0 Å². The van der Waals surface area contributed by atoms with Gasteiger partial charge in [0.1, 0.15) is 41.2 Å². The molecule has 2 aliphatic heterocycles. The van der Waals surface area contributed by atoms with Crippen molar-refractivity contribution in [2.75, 3.05) is 39.3 Å². The van der Waals surface area contributed by atoms with Crippen LogP contribution in [0, 0.1) is 11.3 Å². The normalized spacial score (nSPS) is 18.6. The lowest BCUT2D eigenvalue weighted by Crippen LogP contribution is -2.52. The van der Waals surface area contributed by atoms with E-state index in [2.05, 4.69) is 64.9 Å². The summed E-state index contributed by atoms with van der Waals surface area (Å²) in [6.45, 7) is 7.03. The molecule has 2 fully saturated rings. The number of anilines is 1. The number of rotatable bonds is 21. The maximum absolute atomic E-state index is 16.3. The molecule has 426 valence electrons. The number of morpholine rings is 1. The molecule has 17 nitrogen and oxygen atoms in total. The zero-order chi connectivity index (χ0) is 58.3. The number of likely N-dealkylation sites (tertiary alicyclic amines) is 1. The number of nitrogens with one attached hydrogen (secondary N) is 1. The number of hydrogen-bond acceptors (Lipinski definition) is 13. The van der Waals surface area contributed by atoms with Gasteiger partial charge in [-0.1, -0.05) is 127 Å². The molecule has 12 rings (SSSR count). The predicted octanol–water partition coefficient (Wildman–Crippen LogP) is 12.3. The number of nitrogens with zero attached hydrogens (tertiary/aromatic N) is 7. The number of fused-ring (bicyclic) bond motifs is 3. The number of hydrogen-bond donors (Lipinski definition) is 1. The number of carbonyl (C=O) groups excluding carboxylic acids is 2. The lowest BCUT2D eigenvalue weighted by atomic mass is 9.79. The number of carbonyl (C=O) groups is 2. The molecule has 8 aromatic carbocycles. The predicted molar refractivity (Wildman–Crippen MR) is 321 cm³/mol. The molecule has 18 heteroatoms. The Morgan fingerprint density at radius 3 is 2.00 bits per heavy atom. The van der Waals surface area contributed by atoms with Crippen LogP contribution in [0.5, 0.6) is 11.5 Å². The Balaban J connectivity index is 1.05. The Labute approximate surface area is 486 Å². The minimum atomic E-state index is -4.47. The van der Waals surface area contributed by atoms with Crippen LogP contribution in [-0.2, 0) is 39.9 Å². The summed E-state index contributed by atoms with van der Waals surface area (Å²) in [6, 6.07) is 52.9. The number of methoxy groups -OCH3 is 2. The summed E-state index contributed by atoms with van der Waals surface area (Å²) in [4.78, 5) is 45.5. The van der Waals surface area contributed by atoms with Crippen LogP contribution in [0.25, 0.3) is 43.5 Å². The summed E-state index contributed by atoms with van der Waals surface area (Å²) in [7, 11) is -1.24. The molecule has 2 aromatic heterocycles. The molecule has 1 unspecified atom stereocenters. The van der Waals surface area contributed by atoms with Gasteiger partial charge in [0.2, 0.25) is 5.91 Å². The van der Waals surface area contributed by atoms with Crippen LogP contribution in [0.4, 0.5) is 5.82 Å². The van der Waals surface area contributed by atoms with Crippen LogP contribution < -0.4 is 14.8 Å². The van der Waals surface area contributed by atoms with Gasteiger partial charge in [-0.25, -0.2) is 24.2 Å². The quantitative estimate of drug-likeness (QED) is 0.0309. The topological polar surface area (TPSA) is 192 Å². The highest BCUT2D eigenvalue weighted by atomic mass is 31.2. The van der Waals surface area contributed by atoms with E-state index in [4.69, 9.17) is 38.0 Å². The van der Waals surface area contributed by atoms with Crippen molar-refractivity contribution in [1.29, 1.82) is 5.26 Å². The van der Waals surface area contributed by atoms with Gasteiger partial charge in [-0.15, -0.1) is 0 Å². The number of benzene rings is 8. The van der Waals surface area contributed by atoms with Crippen LogP contribution >= 0.6 is 7.75 Å². The summed E-state index contributed by atoms with van der Waals surface area (Å²) in [6.07, 6.45) is 0.348. The molecular formula is C66H63N8O9P. The third-order valence-corrected chi connectivity index (χ3v) is 18.7. The van der Waals surface area contributed by atoms with Gasteiger partial charge in [0, 0.05) is 17.6 Å². The van der Waals surface area contributed by atoms with Crippen molar-refractivity contribution >= 4 is 68.9 Å². The zero-order valence-corrected chi connectivity index (χ0v) is 48.3. The second-order valence-electron chi connectivity index (χ2n) is 21.8. The van der Waals surface area contributed by atoms with Crippen molar-refractivity contribution in [1.82, 2.24) is 29.1 Å². The van der Waals surface area contributed by atoms with E-state index in [1.54, 1.807) is 58.9 Å². The number of nitriles is 1. The average molecular weight is 1140 g/mol. The van der Waals surface area contributed by atoms with Crippen molar-refractivity contribution in [2.24, 2.45) is 0 Å². The summed E-state index contributed by atoms with van der Waals surface area (Å²) < 4.78 is 60.1. The zero-order valence-electron chi connectivity index (χ0n) is 47.4. The summed E-state index contributed by atoms with van der Waals surface area (Å²) in [5.41, 5.74) is 0.923. The first-order valence-corrected chi connectivity index (χ1v) is 29.5. The highest BCUT2D eigenvalue weighted by molar-refractivity contribution is 7.51. The molecule has 2 amide bonds. The molecule has 84 heavy (non-hydrogen) atoms. The average Bonchev–Trinajstić information content (AvgIpc) is 1.59. The minimum absolute atomic E-state index is 0.0321. The first-order chi connectivity index (χ1) is 40.8. The number of imidazole rings is 1. The monoisotopic (exact) mass is 1140 g/mol. The lowest BCUT2D eigenvalue weighted by Gasteiger charge is -2.42. The molecule has 10 aromatic rings. The van der Waals surface area contributed by atoms with Gasteiger partial charge in [0.25, 0.3) is 5.91 Å². The van der Waals surface area contributed by atoms with Crippen LogP contribution in [0.15, 0.2) is 176 Å². The Morgan fingerprint density at radius 2 is 1.37 bits per heavy atom. The van der Waals surface area contributed by atoms with Gasteiger partial charge in [-0.05, 0) is 119 Å². The molecule has 0 spiro atoms. The van der Waals surface area contributed by atoms with E-state index in [-0.39, 0.29) is 67.6 Å². The molecule has 2 aliphatic rings. The minimum Gasteiger partial charge on any atom is -0.497 e. The van der Waals surface area contributed by atoms with Crippen molar-refractivity contribution < 1.29 is 42.1 Å². The third-order valence-electron chi connectivity index (χ3n) is 16.2. The molecule has 2 bridgehead atoms. The van der Waals surface area contributed by atoms with Gasteiger partial charge < -0.3 is 29.2 Å². The molecule has 0 radical (unpaired) electrons. The van der Waals surface area contributed by atoms with Crippen molar-refractivity contribution in [3.05, 3.63) is 204 Å². The smallest absolute Gasteiger partial charge is 0.409 e. The first-order valence-electron chi connectivity index (χ1n) is 28.0. The summed E-state index contributed by atoms with van der Waals surface area (Å²) in [5, 5.41) is 19.1. The fraction of sp³-hybridized carbons (Fsp3) is 0.273. The van der Waals surface area contributed by atoms with Gasteiger partial charge in [-0.2, -0.15) is 5.26 Å². The van der Waals surface area contributed by atoms with Crippen LogP contribution in [0.1, 0.15) is 73.0 Å². The second-order valence-corrected chi connectivity index (χ2v) is 23.7. The molecule has 0 aliphatic carbocycles. The number of aromatic nitrogens is 4. The number of ether oxygens (including phenoxy) is 4. The Morgan fingerprint density at radius 1 is 0.762 bits per heavy atom. The van der Waals surface area contributed by atoms with Crippen molar-refractivity contribution in [3.8, 4) is 17.6 Å². The molecular weight excluding hydrogens is 1080 g/mol. The van der Waals surface area contributed by atoms with Gasteiger partial charge >= 0.3 is 7.75 Å². The highest BCUT2D eigenvalue weighted by Gasteiger charge is 2.69. The van der Waals surface area contributed by atoms with E-state index in [9.17, 15) is 10.1 Å². The fourth-order valence-corrected chi connectivity index (χ4v) is 14.9.